The zero-order chi connectivity index (χ0) is 32.8. The van der Waals surface area contributed by atoms with Crippen LogP contribution in [0.1, 0.15) is 38.8 Å². The number of pyridine rings is 1. The van der Waals surface area contributed by atoms with Crippen LogP contribution < -0.4 is 16.5 Å². The Labute approximate surface area is 254 Å². The van der Waals surface area contributed by atoms with Crippen molar-refractivity contribution in [1.29, 1.82) is 0 Å². The van der Waals surface area contributed by atoms with Crippen molar-refractivity contribution in [3.63, 3.8) is 0 Å². The Balaban J connectivity index is 1.53. The van der Waals surface area contributed by atoms with Gasteiger partial charge in [-0.15, -0.1) is 0 Å². The molecule has 0 bridgehead atoms. The molecule has 3 aromatic rings. The number of phosphoric ester groups is 1. The second-order valence-corrected chi connectivity index (χ2v) is 13.7. The van der Waals surface area contributed by atoms with E-state index < -0.39 is 60.2 Å². The van der Waals surface area contributed by atoms with Crippen LogP contribution in [-0.4, -0.2) is 55.2 Å². The summed E-state index contributed by atoms with van der Waals surface area (Å²) in [6, 6.07) is 19.5. The molecule has 5 atom stereocenters. The minimum absolute atomic E-state index is 0.00741. The summed E-state index contributed by atoms with van der Waals surface area (Å²) in [5, 5.41) is 5.33. The lowest BCUT2D eigenvalue weighted by Gasteiger charge is -2.20. The molecule has 242 valence electrons. The Morgan fingerprint density at radius 2 is 1.42 bits per heavy atom. The number of carbonyl (C=O) groups is 2. The number of carbonyl (C=O) groups excluding carboxylic acids is 2. The van der Waals surface area contributed by atoms with Gasteiger partial charge in [-0.3, -0.25) is 19.0 Å². The molecular formula is C24H27N4O14P3. The number of phosphoric acid groups is 3. The minimum Gasteiger partial charge on any atom is -0.365 e. The molecule has 1 aliphatic heterocycles. The standard InChI is InChI=1S/C24H27N4O14P3/c25-40-19-13-18(39-20(19)14-38-44(34,35)42-45(36,37)41-43(31,32)33)17-11-12-21(27-23(29)15-7-3-1-4-8-15)26-22(17)28-24(30)16-9-5-2-6-10-16/h1-12,18-20H,13-14,25H2,(H,34,35)(H,36,37)(H2,31,32,33)(H2,26,27,28,29,30)/t18-,19-,20-/m1/s1. The van der Waals surface area contributed by atoms with Crippen molar-refractivity contribution in [2.45, 2.75) is 24.7 Å². The number of hydrogen-bond acceptors (Lipinski definition) is 12. The predicted octanol–water partition coefficient (Wildman–Crippen LogP) is 3.02. The highest BCUT2D eigenvalue weighted by Gasteiger charge is 2.43. The number of nitrogens with zero attached hydrogens (tertiary/aromatic N) is 1. The van der Waals surface area contributed by atoms with E-state index in [0.29, 0.717) is 16.7 Å². The summed E-state index contributed by atoms with van der Waals surface area (Å²) in [4.78, 5) is 71.5. The summed E-state index contributed by atoms with van der Waals surface area (Å²) in [6.45, 7) is -0.827. The smallest absolute Gasteiger partial charge is 0.365 e. The predicted molar refractivity (Wildman–Crippen MR) is 154 cm³/mol. The van der Waals surface area contributed by atoms with Gasteiger partial charge in [-0.2, -0.15) is 8.62 Å². The van der Waals surface area contributed by atoms with E-state index in [1.165, 1.54) is 12.1 Å². The van der Waals surface area contributed by atoms with Gasteiger partial charge in [0, 0.05) is 23.1 Å². The van der Waals surface area contributed by atoms with Crippen LogP contribution in [0, 0.1) is 0 Å². The zero-order valence-electron chi connectivity index (χ0n) is 22.8. The molecule has 4 rings (SSSR count). The number of anilines is 2. The maximum atomic E-state index is 13.0. The quantitative estimate of drug-likeness (QED) is 0.100. The van der Waals surface area contributed by atoms with Crippen molar-refractivity contribution in [2.24, 2.45) is 5.90 Å². The topological polar surface area (TPSA) is 275 Å². The van der Waals surface area contributed by atoms with Gasteiger partial charge in [0.05, 0.1) is 12.7 Å². The highest BCUT2D eigenvalue weighted by molar-refractivity contribution is 7.66. The Morgan fingerprint density at radius 1 is 0.844 bits per heavy atom. The largest absolute Gasteiger partial charge is 0.490 e. The Kier molecular flexibility index (Phi) is 11.2. The molecule has 1 aromatic heterocycles. The van der Waals surface area contributed by atoms with Crippen molar-refractivity contribution in [3.8, 4) is 0 Å². The minimum atomic E-state index is -5.74. The fourth-order valence-corrected chi connectivity index (χ4v) is 7.15. The van der Waals surface area contributed by atoms with Crippen LogP contribution in [0.4, 0.5) is 11.6 Å². The Bertz CT molecular complexity index is 1660. The molecule has 1 saturated heterocycles. The van der Waals surface area contributed by atoms with Gasteiger partial charge in [0.25, 0.3) is 11.8 Å². The molecule has 1 fully saturated rings. The van der Waals surface area contributed by atoms with E-state index in [1.807, 2.05) is 0 Å². The molecule has 1 aliphatic rings. The first-order valence-electron chi connectivity index (χ1n) is 12.7. The molecule has 0 spiro atoms. The van der Waals surface area contributed by atoms with Gasteiger partial charge < -0.3 is 34.9 Å². The van der Waals surface area contributed by atoms with E-state index in [0.717, 1.165) is 0 Å². The van der Waals surface area contributed by atoms with Crippen molar-refractivity contribution >= 4 is 46.9 Å². The maximum absolute atomic E-state index is 13.0. The number of rotatable bonds is 13. The number of nitrogens with one attached hydrogen (secondary N) is 2. The van der Waals surface area contributed by atoms with Crippen molar-refractivity contribution in [1.82, 2.24) is 4.98 Å². The van der Waals surface area contributed by atoms with E-state index in [9.17, 15) is 33.1 Å². The van der Waals surface area contributed by atoms with Crippen molar-refractivity contribution in [2.75, 3.05) is 17.2 Å². The lowest BCUT2D eigenvalue weighted by atomic mass is 10.0. The fourth-order valence-electron chi connectivity index (χ4n) is 4.12. The highest BCUT2D eigenvalue weighted by Crippen LogP contribution is 2.66. The molecule has 18 nitrogen and oxygen atoms in total. The van der Waals surface area contributed by atoms with Crippen molar-refractivity contribution < 1.29 is 65.6 Å². The maximum Gasteiger partial charge on any atom is 0.490 e. The molecule has 0 saturated carbocycles. The van der Waals surface area contributed by atoms with Gasteiger partial charge in [-0.05, 0) is 36.4 Å². The summed E-state index contributed by atoms with van der Waals surface area (Å²) in [5.74, 6) is 4.46. The first kappa shape index (κ1) is 34.7. The molecule has 21 heteroatoms. The van der Waals surface area contributed by atoms with Gasteiger partial charge in [0.15, 0.2) is 0 Å². The number of aromatic nitrogens is 1. The molecule has 2 unspecified atom stereocenters. The summed E-state index contributed by atoms with van der Waals surface area (Å²) in [7, 11) is -16.8. The van der Waals surface area contributed by atoms with Crippen LogP contribution >= 0.6 is 23.5 Å². The number of benzene rings is 2. The summed E-state index contributed by atoms with van der Waals surface area (Å²) < 4.78 is 52.6. The fraction of sp³-hybridized carbons (Fsp3) is 0.208. The van der Waals surface area contributed by atoms with Gasteiger partial charge >= 0.3 is 23.5 Å². The number of hydrogen-bond donors (Lipinski definition) is 7. The van der Waals surface area contributed by atoms with Crippen LogP contribution in [0.3, 0.4) is 0 Å². The summed E-state index contributed by atoms with van der Waals surface area (Å²) >= 11 is 0. The number of amides is 2. The van der Waals surface area contributed by atoms with Gasteiger partial charge in [-0.25, -0.2) is 24.6 Å². The highest BCUT2D eigenvalue weighted by atomic mass is 31.3. The molecule has 0 aliphatic carbocycles. The number of ether oxygens (including phenoxy) is 1. The average Bonchev–Trinajstić information content (AvgIpc) is 3.38. The van der Waals surface area contributed by atoms with Crippen LogP contribution in [0.5, 0.6) is 0 Å². The van der Waals surface area contributed by atoms with Gasteiger partial charge in [0.1, 0.15) is 23.8 Å². The third kappa shape index (κ3) is 10.2. The van der Waals surface area contributed by atoms with Gasteiger partial charge in [0.2, 0.25) is 0 Å². The zero-order valence-corrected chi connectivity index (χ0v) is 25.5. The Morgan fingerprint density at radius 3 is 1.98 bits per heavy atom. The van der Waals surface area contributed by atoms with Crippen LogP contribution in [0.15, 0.2) is 72.8 Å². The van der Waals surface area contributed by atoms with E-state index in [-0.39, 0.29) is 18.1 Å². The molecule has 2 aromatic carbocycles. The normalized spacial score (nSPS) is 21.0. The first-order valence-corrected chi connectivity index (χ1v) is 17.2. The molecule has 8 N–H and O–H groups in total. The molecule has 2 heterocycles. The third-order valence-electron chi connectivity index (χ3n) is 6.01. The SMILES string of the molecule is NO[C@@H]1C[C@H](c2ccc(NC(=O)c3ccccc3)nc2NC(=O)c2ccccc2)O[C@@H]1COP(=O)(O)OP(=O)(O)OP(=O)(O)O. The van der Waals surface area contributed by atoms with E-state index in [2.05, 4.69) is 28.8 Å². The van der Waals surface area contributed by atoms with E-state index in [1.54, 1.807) is 60.7 Å². The summed E-state index contributed by atoms with van der Waals surface area (Å²) in [6.07, 6.45) is -3.14. The molecule has 0 radical (unpaired) electrons. The van der Waals surface area contributed by atoms with Gasteiger partial charge in [-0.1, -0.05) is 36.4 Å². The van der Waals surface area contributed by atoms with Crippen LogP contribution in [-0.2, 0) is 36.4 Å². The number of nitrogens with two attached hydrogens (primary N) is 1. The van der Waals surface area contributed by atoms with Crippen LogP contribution in [0.25, 0.3) is 0 Å². The lowest BCUT2D eigenvalue weighted by Crippen LogP contribution is -2.31. The Hall–Kier alpha value is -3.18. The van der Waals surface area contributed by atoms with E-state index >= 15 is 0 Å². The lowest BCUT2D eigenvalue weighted by molar-refractivity contribution is -0.0474. The van der Waals surface area contributed by atoms with E-state index in [4.69, 9.17) is 25.3 Å². The average molecular weight is 688 g/mol. The molecular weight excluding hydrogens is 661 g/mol. The second-order valence-electron chi connectivity index (χ2n) is 9.23. The van der Waals surface area contributed by atoms with Crippen LogP contribution in [0.2, 0.25) is 0 Å². The third-order valence-corrected chi connectivity index (χ3v) is 9.81. The second kappa shape index (κ2) is 14.5. The monoisotopic (exact) mass is 688 g/mol. The molecule has 45 heavy (non-hydrogen) atoms. The molecule has 2 amide bonds. The first-order chi connectivity index (χ1) is 21.1. The van der Waals surface area contributed by atoms with Crippen molar-refractivity contribution in [3.05, 3.63) is 89.5 Å². The summed E-state index contributed by atoms with van der Waals surface area (Å²) in [5.41, 5.74) is 0.951.